The Balaban J connectivity index is 1.87. The predicted molar refractivity (Wildman–Crippen MR) is 75.8 cm³/mol. The summed E-state index contributed by atoms with van der Waals surface area (Å²) >= 11 is 1.34. The minimum atomic E-state index is -0.403. The van der Waals surface area contributed by atoms with Gasteiger partial charge in [-0.05, 0) is 32.4 Å². The van der Waals surface area contributed by atoms with Crippen molar-refractivity contribution in [2.75, 3.05) is 13.1 Å². The summed E-state index contributed by atoms with van der Waals surface area (Å²) < 4.78 is 5.54. The quantitative estimate of drug-likeness (QED) is 0.921. The van der Waals surface area contributed by atoms with Crippen LogP contribution in [0.15, 0.2) is 16.5 Å². The van der Waals surface area contributed by atoms with Crippen LogP contribution in [-0.2, 0) is 0 Å². The second-order valence-corrected chi connectivity index (χ2v) is 6.04. The summed E-state index contributed by atoms with van der Waals surface area (Å²) in [5.41, 5.74) is 0.713. The van der Waals surface area contributed by atoms with Crippen LogP contribution >= 0.6 is 11.3 Å². The Morgan fingerprint density at radius 1 is 1.50 bits per heavy atom. The number of carbonyl (C=O) groups is 1. The average Bonchev–Trinajstić information content (AvgIpc) is 3.09. The SMILES string of the molecule is Cc1ccc(-c2nc(C)c(C(=O)N3CC[C@@H](O)C3)s2)o1. The van der Waals surface area contributed by atoms with E-state index in [0.717, 1.165) is 10.8 Å². The Morgan fingerprint density at radius 3 is 2.90 bits per heavy atom. The van der Waals surface area contributed by atoms with Crippen LogP contribution in [0.5, 0.6) is 0 Å². The number of aryl methyl sites for hydroxylation is 2. The molecule has 1 saturated heterocycles. The van der Waals surface area contributed by atoms with E-state index in [1.54, 1.807) is 4.90 Å². The molecule has 0 saturated carbocycles. The van der Waals surface area contributed by atoms with E-state index in [0.29, 0.717) is 35.8 Å². The highest BCUT2D eigenvalue weighted by atomic mass is 32.1. The zero-order chi connectivity index (χ0) is 14.3. The molecule has 0 radical (unpaired) electrons. The molecule has 20 heavy (non-hydrogen) atoms. The second kappa shape index (κ2) is 5.03. The van der Waals surface area contributed by atoms with Gasteiger partial charge < -0.3 is 14.4 Å². The predicted octanol–water partition coefficient (Wildman–Crippen LogP) is 2.23. The third kappa shape index (κ3) is 2.36. The van der Waals surface area contributed by atoms with Crippen LogP contribution in [0.2, 0.25) is 0 Å². The Hall–Kier alpha value is -1.66. The number of likely N-dealkylation sites (tertiary alicyclic amines) is 1. The number of aliphatic hydroxyl groups is 1. The van der Waals surface area contributed by atoms with E-state index in [9.17, 15) is 9.90 Å². The highest BCUT2D eigenvalue weighted by molar-refractivity contribution is 7.17. The van der Waals surface area contributed by atoms with Gasteiger partial charge in [-0.15, -0.1) is 11.3 Å². The normalized spacial score (nSPS) is 18.8. The van der Waals surface area contributed by atoms with Crippen molar-refractivity contribution in [1.29, 1.82) is 0 Å². The molecule has 3 rings (SSSR count). The van der Waals surface area contributed by atoms with E-state index in [1.165, 1.54) is 11.3 Å². The molecule has 2 aromatic heterocycles. The number of carbonyl (C=O) groups excluding carboxylic acids is 1. The smallest absolute Gasteiger partial charge is 0.265 e. The summed E-state index contributed by atoms with van der Waals surface area (Å²) in [5, 5.41) is 10.3. The summed E-state index contributed by atoms with van der Waals surface area (Å²) in [7, 11) is 0. The molecule has 5 nitrogen and oxygen atoms in total. The lowest BCUT2D eigenvalue weighted by Gasteiger charge is -2.14. The number of aromatic nitrogens is 1. The first kappa shape index (κ1) is 13.3. The average molecular weight is 292 g/mol. The zero-order valence-corrected chi connectivity index (χ0v) is 12.2. The molecule has 0 unspecified atom stereocenters. The van der Waals surface area contributed by atoms with Gasteiger partial charge in [-0.1, -0.05) is 0 Å². The van der Waals surface area contributed by atoms with Crippen molar-refractivity contribution in [2.24, 2.45) is 0 Å². The number of hydrogen-bond acceptors (Lipinski definition) is 5. The first-order valence-electron chi connectivity index (χ1n) is 6.56. The number of thiazole rings is 1. The van der Waals surface area contributed by atoms with Crippen LogP contribution in [0, 0.1) is 13.8 Å². The summed E-state index contributed by atoms with van der Waals surface area (Å²) in [6.45, 7) is 4.72. The van der Waals surface area contributed by atoms with Crippen LogP contribution in [-0.4, -0.2) is 40.1 Å². The fourth-order valence-electron chi connectivity index (χ4n) is 2.32. The molecule has 6 heteroatoms. The number of nitrogens with zero attached hydrogens (tertiary/aromatic N) is 2. The van der Waals surface area contributed by atoms with Crippen molar-refractivity contribution in [2.45, 2.75) is 26.4 Å². The monoisotopic (exact) mass is 292 g/mol. The summed E-state index contributed by atoms with van der Waals surface area (Å²) in [5.74, 6) is 1.46. The van der Waals surface area contributed by atoms with Crippen molar-refractivity contribution in [3.8, 4) is 10.8 Å². The Labute approximate surface area is 120 Å². The Kier molecular flexibility index (Phi) is 3.35. The summed E-state index contributed by atoms with van der Waals surface area (Å²) in [6, 6.07) is 3.74. The number of aliphatic hydroxyl groups excluding tert-OH is 1. The van der Waals surface area contributed by atoms with Gasteiger partial charge in [-0.2, -0.15) is 0 Å². The lowest BCUT2D eigenvalue weighted by Crippen LogP contribution is -2.29. The number of β-amino-alcohol motifs (C(OH)–C–C–N with tert-alkyl or cyclic N) is 1. The number of rotatable bonds is 2. The first-order chi connectivity index (χ1) is 9.54. The highest BCUT2D eigenvalue weighted by Gasteiger charge is 2.28. The van der Waals surface area contributed by atoms with Gasteiger partial charge >= 0.3 is 0 Å². The summed E-state index contributed by atoms with van der Waals surface area (Å²) in [6.07, 6.45) is 0.243. The van der Waals surface area contributed by atoms with Crippen molar-refractivity contribution in [3.63, 3.8) is 0 Å². The van der Waals surface area contributed by atoms with Gasteiger partial charge in [0.1, 0.15) is 10.6 Å². The van der Waals surface area contributed by atoms with Crippen LogP contribution < -0.4 is 0 Å². The van der Waals surface area contributed by atoms with Gasteiger partial charge in [-0.3, -0.25) is 4.79 Å². The second-order valence-electron chi connectivity index (χ2n) is 5.04. The minimum absolute atomic E-state index is 0.0499. The molecule has 1 amide bonds. The largest absolute Gasteiger partial charge is 0.459 e. The fourth-order valence-corrected chi connectivity index (χ4v) is 3.32. The molecule has 0 bridgehead atoms. The number of amides is 1. The Bertz CT molecular complexity index is 647. The molecule has 0 aliphatic carbocycles. The molecule has 1 atom stereocenters. The molecule has 0 spiro atoms. The standard InChI is InChI=1S/C14H16N2O3S/c1-8-3-4-11(19-8)13-15-9(2)12(20-13)14(18)16-6-5-10(17)7-16/h3-4,10,17H,5-7H2,1-2H3/t10-/m1/s1. The van der Waals surface area contributed by atoms with E-state index >= 15 is 0 Å². The van der Waals surface area contributed by atoms with E-state index in [1.807, 2.05) is 26.0 Å². The van der Waals surface area contributed by atoms with Crippen LogP contribution in [0.25, 0.3) is 10.8 Å². The maximum absolute atomic E-state index is 12.4. The number of furan rings is 1. The summed E-state index contributed by atoms with van der Waals surface area (Å²) in [4.78, 5) is 19.1. The van der Waals surface area contributed by atoms with Crippen molar-refractivity contribution in [3.05, 3.63) is 28.5 Å². The lowest BCUT2D eigenvalue weighted by atomic mass is 10.3. The Morgan fingerprint density at radius 2 is 2.30 bits per heavy atom. The molecule has 1 fully saturated rings. The van der Waals surface area contributed by atoms with Gasteiger partial charge in [0.05, 0.1) is 11.8 Å². The molecule has 106 valence electrons. The lowest BCUT2D eigenvalue weighted by molar-refractivity contribution is 0.0769. The maximum Gasteiger partial charge on any atom is 0.265 e. The van der Waals surface area contributed by atoms with Crippen molar-refractivity contribution >= 4 is 17.2 Å². The minimum Gasteiger partial charge on any atom is -0.459 e. The molecule has 1 aliphatic rings. The van der Waals surface area contributed by atoms with E-state index in [4.69, 9.17) is 4.42 Å². The topological polar surface area (TPSA) is 66.6 Å². The molecule has 1 N–H and O–H groups in total. The third-order valence-corrected chi connectivity index (χ3v) is 4.55. The first-order valence-corrected chi connectivity index (χ1v) is 7.38. The molecular formula is C14H16N2O3S. The van der Waals surface area contributed by atoms with Gasteiger partial charge in [-0.25, -0.2) is 4.98 Å². The molecule has 2 aromatic rings. The van der Waals surface area contributed by atoms with Crippen LogP contribution in [0.1, 0.15) is 27.5 Å². The van der Waals surface area contributed by atoms with Crippen molar-refractivity contribution in [1.82, 2.24) is 9.88 Å². The molecule has 0 aromatic carbocycles. The van der Waals surface area contributed by atoms with Gasteiger partial charge in [0, 0.05) is 13.1 Å². The maximum atomic E-state index is 12.4. The van der Waals surface area contributed by atoms with Gasteiger partial charge in [0.2, 0.25) is 0 Å². The number of hydrogen-bond donors (Lipinski definition) is 1. The molecule has 1 aliphatic heterocycles. The van der Waals surface area contributed by atoms with Gasteiger partial charge in [0.15, 0.2) is 10.8 Å². The highest BCUT2D eigenvalue weighted by Crippen LogP contribution is 2.30. The van der Waals surface area contributed by atoms with Crippen LogP contribution in [0.4, 0.5) is 0 Å². The molecular weight excluding hydrogens is 276 g/mol. The van der Waals surface area contributed by atoms with E-state index < -0.39 is 6.10 Å². The third-order valence-electron chi connectivity index (χ3n) is 3.39. The van der Waals surface area contributed by atoms with E-state index in [-0.39, 0.29) is 5.91 Å². The van der Waals surface area contributed by atoms with Gasteiger partial charge in [0.25, 0.3) is 5.91 Å². The fraction of sp³-hybridized carbons (Fsp3) is 0.429. The molecule has 3 heterocycles. The van der Waals surface area contributed by atoms with E-state index in [2.05, 4.69) is 4.98 Å². The zero-order valence-electron chi connectivity index (χ0n) is 11.4. The van der Waals surface area contributed by atoms with Crippen molar-refractivity contribution < 1.29 is 14.3 Å². The van der Waals surface area contributed by atoms with Crippen LogP contribution in [0.3, 0.4) is 0 Å².